The van der Waals surface area contributed by atoms with Gasteiger partial charge in [0.25, 0.3) is 0 Å². The molecule has 0 saturated heterocycles. The van der Waals surface area contributed by atoms with Crippen LogP contribution >= 0.6 is 36.1 Å². The molecule has 4 atom stereocenters. The second-order valence-corrected chi connectivity index (χ2v) is 13.3. The average molecular weight is 771 g/mol. The third kappa shape index (κ3) is 27.2. The van der Waals surface area contributed by atoms with Gasteiger partial charge in [0, 0.05) is 10.9 Å². The molecule has 6 heteroatoms. The second-order valence-electron chi connectivity index (χ2n) is 11.1. The minimum Gasteiger partial charge on any atom is 2.00 e. The monoisotopic (exact) mass is 767 g/mol. The van der Waals surface area contributed by atoms with Gasteiger partial charge in [-0.15, -0.1) is 5.92 Å². The van der Waals surface area contributed by atoms with E-state index < -0.39 is 0 Å². The van der Waals surface area contributed by atoms with E-state index in [-0.39, 0.29) is 35.5 Å². The van der Waals surface area contributed by atoms with Crippen LogP contribution in [0, 0.1) is 42.4 Å². The van der Waals surface area contributed by atoms with Gasteiger partial charge >= 0.3 is 56.4 Å². The van der Waals surface area contributed by atoms with Crippen LogP contribution in [-0.4, -0.2) is 28.4 Å². The van der Waals surface area contributed by atoms with Gasteiger partial charge in [-0.2, -0.15) is 5.92 Å². The molecule has 0 saturated carbocycles. The molecule has 0 aliphatic heterocycles. The van der Waals surface area contributed by atoms with E-state index in [1.165, 1.54) is 95.2 Å². The number of hydrogen-bond donors (Lipinski definition) is 0. The van der Waals surface area contributed by atoms with Crippen LogP contribution in [0.3, 0.4) is 0 Å². The van der Waals surface area contributed by atoms with Crippen LogP contribution in [-0.2, 0) is 13.1 Å². The van der Waals surface area contributed by atoms with Gasteiger partial charge in [0.1, 0.15) is 0 Å². The Hall–Kier alpha value is 0.376. The Morgan fingerprint density at radius 2 is 1.14 bits per heavy atom. The van der Waals surface area contributed by atoms with Crippen molar-refractivity contribution in [3.63, 3.8) is 0 Å². The first-order chi connectivity index (χ1) is 20.1. The number of allylic oxidation sites excluding steroid dienone is 8. The number of alkyl halides is 1. The Morgan fingerprint density at radius 3 is 1.42 bits per heavy atom. The predicted molar refractivity (Wildman–Crippen MR) is 191 cm³/mol. The van der Waals surface area contributed by atoms with Crippen molar-refractivity contribution in [1.82, 2.24) is 0 Å². The fourth-order valence-electron chi connectivity index (χ4n) is 5.23. The molecule has 4 aliphatic rings. The first-order valence-electron chi connectivity index (χ1n) is 15.4. The fourth-order valence-corrected chi connectivity index (χ4v) is 5.82. The molecular formula is C37H52BrCl3CuMg. The van der Waals surface area contributed by atoms with Crippen LogP contribution in [0.5, 0.6) is 0 Å². The summed E-state index contributed by atoms with van der Waals surface area (Å²) in [5.41, 5.74) is 1.08. The third-order valence-electron chi connectivity index (χ3n) is 7.76. The van der Waals surface area contributed by atoms with Crippen molar-refractivity contribution in [2.45, 2.75) is 96.8 Å². The molecule has 1 aromatic carbocycles. The average Bonchev–Trinajstić information content (AvgIpc) is 3.04. The van der Waals surface area contributed by atoms with Gasteiger partial charge in [-0.3, -0.25) is 0 Å². The van der Waals surface area contributed by atoms with Crippen molar-refractivity contribution < 1.29 is 25.5 Å². The zero-order valence-corrected chi connectivity index (χ0v) is 32.4. The molecule has 0 radical (unpaired) electrons. The molecule has 0 bridgehead atoms. The van der Waals surface area contributed by atoms with E-state index in [0.29, 0.717) is 5.92 Å². The smallest absolute Gasteiger partial charge is 2.00 e. The molecule has 241 valence electrons. The molecule has 0 spiro atoms. The molecule has 5 rings (SSSR count). The van der Waals surface area contributed by atoms with E-state index in [1.807, 2.05) is 37.3 Å². The summed E-state index contributed by atoms with van der Waals surface area (Å²) >= 11 is 4.23. The van der Waals surface area contributed by atoms with Crippen LogP contribution < -0.4 is 12.4 Å². The van der Waals surface area contributed by atoms with Crippen LogP contribution in [0.15, 0.2) is 78.9 Å². The molecule has 1 aromatic rings. The quantitative estimate of drug-likeness (QED) is 0.0942. The largest absolute Gasteiger partial charge is 2.00 e. The van der Waals surface area contributed by atoms with Crippen LogP contribution in [0.1, 0.15) is 102 Å². The number of benzene rings is 1. The van der Waals surface area contributed by atoms with Crippen LogP contribution in [0.2, 0.25) is 0 Å². The van der Waals surface area contributed by atoms with Crippen molar-refractivity contribution in [3.8, 4) is 11.8 Å². The minimum absolute atomic E-state index is 0. The number of hydrogen-bond acceptors (Lipinski definition) is 0. The van der Waals surface area contributed by atoms with Crippen LogP contribution in [0.4, 0.5) is 0 Å². The minimum atomic E-state index is 0. The van der Waals surface area contributed by atoms with E-state index in [4.69, 9.17) is 0 Å². The second kappa shape index (κ2) is 33.7. The maximum atomic E-state index is 4.67. The van der Waals surface area contributed by atoms with Gasteiger partial charge in [0.05, 0.1) is 0 Å². The molecule has 4 aliphatic carbocycles. The third-order valence-corrected chi connectivity index (χ3v) is 8.67. The van der Waals surface area contributed by atoms with Gasteiger partial charge in [-0.25, -0.2) is 0 Å². The molecule has 0 aromatic heterocycles. The summed E-state index contributed by atoms with van der Waals surface area (Å²) in [7, 11) is 9.34. The van der Waals surface area contributed by atoms with E-state index in [1.54, 1.807) is 0 Å². The van der Waals surface area contributed by atoms with Crippen molar-refractivity contribution in [2.24, 2.45) is 23.7 Å². The molecule has 0 amide bonds. The number of halogens is 4. The SMILES string of the molecule is BrCC1CC=CCC1.C1=CCC(CCC2CC=CCC2)CC1.CC#Cc1ccccc1.[CH2-]C1CC=CCC1.[Cl-].[Cl][Cu][Cl].[Mg+2]. The van der Waals surface area contributed by atoms with Gasteiger partial charge in [-0.05, 0) is 114 Å². The molecule has 0 heterocycles. The van der Waals surface area contributed by atoms with Crippen molar-refractivity contribution >= 4 is 59.2 Å². The summed E-state index contributed by atoms with van der Waals surface area (Å²) < 4.78 is 0. The molecule has 4 unspecified atom stereocenters. The Morgan fingerprint density at radius 1 is 0.721 bits per heavy atom. The number of rotatable bonds is 4. The van der Waals surface area contributed by atoms with Gasteiger partial charge < -0.3 is 19.3 Å². The Labute approximate surface area is 311 Å². The fraction of sp³-hybridized carbons (Fsp3) is 0.541. The molecule has 43 heavy (non-hydrogen) atoms. The van der Waals surface area contributed by atoms with E-state index in [9.17, 15) is 0 Å². The van der Waals surface area contributed by atoms with Gasteiger partial charge in [0.2, 0.25) is 0 Å². The molecular weight excluding hydrogens is 719 g/mol. The standard InChI is InChI=1S/C14H22.C9H8.C7H11Br.C7H11.3ClH.Cu.Mg/c1-3-7-13(8-4-1)11-12-14-9-5-2-6-10-14;1-2-6-9-7-4-3-5-8-9;8-6-7-4-2-1-3-5-7;1-7-5-3-2-4-6-7;;;;;/h1-3,5,13-14H,4,6-12H2;3-5,7-8H,1H3;1-2,7H,3-6H2;2-3,7H,1,4-6H2;3*1H;;/q;;;-1;;;;2*+2/p-3. The Bertz CT molecular complexity index is 899. The molecule has 0 nitrogen and oxygen atoms in total. The summed E-state index contributed by atoms with van der Waals surface area (Å²) in [6, 6.07) is 9.95. The Balaban J connectivity index is 0. The maximum Gasteiger partial charge on any atom is 2.00 e. The summed E-state index contributed by atoms with van der Waals surface area (Å²) in [4.78, 5) is 0. The normalized spacial score (nSPS) is 22.8. The first kappa shape index (κ1) is 45.5. The van der Waals surface area contributed by atoms with Gasteiger partial charge in [0.15, 0.2) is 0 Å². The van der Waals surface area contributed by atoms with E-state index in [2.05, 4.69) is 103 Å². The van der Waals surface area contributed by atoms with Crippen molar-refractivity contribution in [2.75, 3.05) is 5.33 Å². The van der Waals surface area contributed by atoms with Crippen molar-refractivity contribution in [1.29, 1.82) is 0 Å². The summed E-state index contributed by atoms with van der Waals surface area (Å²) in [6.07, 6.45) is 37.4. The maximum absolute atomic E-state index is 4.67. The van der Waals surface area contributed by atoms with Crippen molar-refractivity contribution in [3.05, 3.63) is 91.4 Å². The van der Waals surface area contributed by atoms with E-state index in [0.717, 1.165) is 36.5 Å². The molecule has 0 N–H and O–H groups in total. The van der Waals surface area contributed by atoms with E-state index >= 15 is 0 Å². The van der Waals surface area contributed by atoms with Gasteiger partial charge in [-0.1, -0.05) is 101 Å². The molecule has 0 fully saturated rings. The predicted octanol–water partition coefficient (Wildman–Crippen LogP) is 9.45. The Kier molecular flexibility index (Phi) is 35.7. The summed E-state index contributed by atoms with van der Waals surface area (Å²) in [6.45, 7) is 5.79. The topological polar surface area (TPSA) is 0 Å². The summed E-state index contributed by atoms with van der Waals surface area (Å²) in [5.74, 6) is 9.42. The van der Waals surface area contributed by atoms with Crippen LogP contribution in [0.25, 0.3) is 0 Å². The first-order valence-corrected chi connectivity index (χ1v) is 19.1. The summed E-state index contributed by atoms with van der Waals surface area (Å²) in [5, 5.41) is 1.18. The zero-order chi connectivity index (χ0) is 29.8. The zero-order valence-electron chi connectivity index (χ0n) is 26.1.